The minimum absolute atomic E-state index is 0.583. The summed E-state index contributed by atoms with van der Waals surface area (Å²) in [6, 6.07) is 5.24. The molecule has 0 spiro atoms. The van der Waals surface area contributed by atoms with Crippen LogP contribution in [0, 0.1) is 0 Å². The summed E-state index contributed by atoms with van der Waals surface area (Å²) in [7, 11) is 0. The molecule has 0 saturated heterocycles. The lowest BCUT2D eigenvalue weighted by atomic mass is 10.1. The number of hydrogen-bond acceptors (Lipinski definition) is 3. The van der Waals surface area contributed by atoms with Crippen molar-refractivity contribution in [2.45, 2.75) is 0 Å². The summed E-state index contributed by atoms with van der Waals surface area (Å²) in [6.45, 7) is 0. The van der Waals surface area contributed by atoms with E-state index in [2.05, 4.69) is 0 Å². The molecule has 13 heavy (non-hydrogen) atoms. The van der Waals surface area contributed by atoms with Gasteiger partial charge in [0.25, 0.3) is 0 Å². The van der Waals surface area contributed by atoms with Gasteiger partial charge in [-0.15, -0.1) is 11.3 Å². The summed E-state index contributed by atoms with van der Waals surface area (Å²) in [5.41, 5.74) is 6.93. The van der Waals surface area contributed by atoms with Gasteiger partial charge in [-0.3, -0.25) is 4.79 Å². The lowest BCUT2D eigenvalue weighted by Gasteiger charge is -1.96. The minimum Gasteiger partial charge on any atom is -0.398 e. The number of rotatable bonds is 1. The van der Waals surface area contributed by atoms with Gasteiger partial charge in [-0.2, -0.15) is 0 Å². The summed E-state index contributed by atoms with van der Waals surface area (Å²) in [5, 5.41) is 0.928. The van der Waals surface area contributed by atoms with Crippen LogP contribution in [-0.4, -0.2) is 6.29 Å². The lowest BCUT2D eigenvalue weighted by Crippen LogP contribution is -1.87. The van der Waals surface area contributed by atoms with Crippen LogP contribution in [0.2, 0.25) is 4.34 Å². The third-order valence-corrected chi connectivity index (χ3v) is 3.10. The molecule has 0 unspecified atom stereocenters. The van der Waals surface area contributed by atoms with Crippen molar-refractivity contribution in [1.82, 2.24) is 0 Å². The van der Waals surface area contributed by atoms with Crippen molar-refractivity contribution in [2.24, 2.45) is 0 Å². The van der Waals surface area contributed by atoms with Crippen molar-refractivity contribution in [1.29, 1.82) is 0 Å². The van der Waals surface area contributed by atoms with Crippen molar-refractivity contribution in [3.8, 4) is 0 Å². The summed E-state index contributed by atoms with van der Waals surface area (Å²) in [5.74, 6) is 0. The van der Waals surface area contributed by atoms with Gasteiger partial charge >= 0.3 is 0 Å². The molecule has 1 heterocycles. The Hall–Kier alpha value is -1.06. The fraction of sp³-hybridized carbons (Fsp3) is 0. The number of nitrogen functional groups attached to an aromatic ring is 1. The number of carbonyl (C=O) groups excluding carboxylic acids is 1. The molecule has 0 atom stereocenters. The smallest absolute Gasteiger partial charge is 0.150 e. The summed E-state index contributed by atoms with van der Waals surface area (Å²) >= 11 is 7.25. The van der Waals surface area contributed by atoms with Crippen molar-refractivity contribution < 1.29 is 4.79 Å². The highest BCUT2D eigenvalue weighted by atomic mass is 35.5. The summed E-state index contributed by atoms with van der Waals surface area (Å²) in [6.07, 6.45) is 0.779. The first-order valence-electron chi connectivity index (χ1n) is 3.64. The normalized spacial score (nSPS) is 10.5. The Morgan fingerprint density at radius 3 is 2.85 bits per heavy atom. The fourth-order valence-electron chi connectivity index (χ4n) is 1.24. The number of anilines is 1. The average molecular weight is 212 g/mol. The number of benzene rings is 1. The van der Waals surface area contributed by atoms with Crippen LogP contribution in [0.4, 0.5) is 5.69 Å². The molecule has 0 bridgehead atoms. The molecule has 0 aliphatic carbocycles. The molecule has 2 N–H and O–H groups in total. The highest BCUT2D eigenvalue weighted by molar-refractivity contribution is 7.23. The predicted octanol–water partition coefficient (Wildman–Crippen LogP) is 2.95. The van der Waals surface area contributed by atoms with E-state index in [1.807, 2.05) is 6.07 Å². The van der Waals surface area contributed by atoms with Crippen molar-refractivity contribution in [2.75, 3.05) is 5.73 Å². The molecule has 66 valence electrons. The van der Waals surface area contributed by atoms with Gasteiger partial charge in [0, 0.05) is 5.56 Å². The second-order valence-electron chi connectivity index (χ2n) is 2.70. The van der Waals surface area contributed by atoms with Crippen LogP contribution in [0.1, 0.15) is 10.4 Å². The number of aldehydes is 1. The number of thiophene rings is 1. The second-order valence-corrected chi connectivity index (χ2v) is 4.38. The van der Waals surface area contributed by atoms with Gasteiger partial charge < -0.3 is 5.73 Å². The first-order valence-corrected chi connectivity index (χ1v) is 4.84. The zero-order valence-electron chi connectivity index (χ0n) is 6.58. The molecule has 2 aromatic rings. The van der Waals surface area contributed by atoms with Gasteiger partial charge in [0.1, 0.15) is 6.29 Å². The maximum atomic E-state index is 10.5. The molecule has 1 aromatic heterocycles. The molecular weight excluding hydrogens is 206 g/mol. The first kappa shape index (κ1) is 8.53. The van der Waals surface area contributed by atoms with Crippen LogP contribution in [0.15, 0.2) is 18.2 Å². The standard InChI is InChI=1S/C9H6ClNOS/c10-8-3-6-1-5(4-12)2-7(11)9(6)13-8/h1-4H,11H2. The first-order chi connectivity index (χ1) is 6.20. The summed E-state index contributed by atoms with van der Waals surface area (Å²) in [4.78, 5) is 10.5. The van der Waals surface area contributed by atoms with Gasteiger partial charge in [-0.1, -0.05) is 11.6 Å². The Bertz CT molecular complexity index is 478. The Balaban J connectivity index is 2.82. The van der Waals surface area contributed by atoms with Crippen LogP contribution < -0.4 is 5.73 Å². The van der Waals surface area contributed by atoms with Crippen LogP contribution in [0.25, 0.3) is 10.1 Å². The monoisotopic (exact) mass is 211 g/mol. The Kier molecular flexibility index (Phi) is 1.98. The molecule has 0 amide bonds. The molecule has 2 nitrogen and oxygen atoms in total. The van der Waals surface area contributed by atoms with Gasteiger partial charge in [-0.05, 0) is 23.6 Å². The molecule has 1 aromatic carbocycles. The van der Waals surface area contributed by atoms with E-state index in [1.54, 1.807) is 12.1 Å². The minimum atomic E-state index is 0.583. The number of fused-ring (bicyclic) bond motifs is 1. The zero-order valence-corrected chi connectivity index (χ0v) is 8.15. The van der Waals surface area contributed by atoms with Crippen molar-refractivity contribution >= 4 is 45.0 Å². The van der Waals surface area contributed by atoms with Crippen LogP contribution in [0.5, 0.6) is 0 Å². The van der Waals surface area contributed by atoms with E-state index in [0.29, 0.717) is 15.6 Å². The van der Waals surface area contributed by atoms with E-state index >= 15 is 0 Å². The highest BCUT2D eigenvalue weighted by Gasteiger charge is 2.04. The molecule has 0 radical (unpaired) electrons. The molecule has 0 aliphatic heterocycles. The van der Waals surface area contributed by atoms with E-state index in [1.165, 1.54) is 11.3 Å². The highest BCUT2D eigenvalue weighted by Crippen LogP contribution is 2.33. The number of nitrogens with two attached hydrogens (primary N) is 1. The Morgan fingerprint density at radius 1 is 1.38 bits per heavy atom. The molecule has 0 aliphatic rings. The molecule has 2 rings (SSSR count). The quantitative estimate of drug-likeness (QED) is 0.582. The molecule has 0 fully saturated rings. The maximum absolute atomic E-state index is 10.5. The molecule has 0 saturated carbocycles. The number of carbonyl (C=O) groups is 1. The van der Waals surface area contributed by atoms with Crippen molar-refractivity contribution in [3.05, 3.63) is 28.1 Å². The average Bonchev–Trinajstić information content (AvgIpc) is 2.46. The topological polar surface area (TPSA) is 43.1 Å². The van der Waals surface area contributed by atoms with E-state index in [0.717, 1.165) is 16.4 Å². The van der Waals surface area contributed by atoms with Crippen molar-refractivity contribution in [3.63, 3.8) is 0 Å². The van der Waals surface area contributed by atoms with Gasteiger partial charge in [0.05, 0.1) is 14.7 Å². The SMILES string of the molecule is Nc1cc(C=O)cc2cc(Cl)sc12. The van der Waals surface area contributed by atoms with Crippen LogP contribution in [-0.2, 0) is 0 Å². The number of halogens is 1. The lowest BCUT2D eigenvalue weighted by molar-refractivity contribution is 0.112. The Morgan fingerprint density at radius 2 is 2.15 bits per heavy atom. The summed E-state index contributed by atoms with van der Waals surface area (Å²) < 4.78 is 1.63. The third kappa shape index (κ3) is 1.41. The fourth-order valence-corrected chi connectivity index (χ4v) is 2.38. The second kappa shape index (κ2) is 3.01. The molecule has 4 heteroatoms. The number of hydrogen-bond donors (Lipinski definition) is 1. The van der Waals surface area contributed by atoms with E-state index < -0.39 is 0 Å². The van der Waals surface area contributed by atoms with E-state index in [4.69, 9.17) is 17.3 Å². The zero-order chi connectivity index (χ0) is 9.42. The largest absolute Gasteiger partial charge is 0.398 e. The van der Waals surface area contributed by atoms with Gasteiger partial charge in [-0.25, -0.2) is 0 Å². The van der Waals surface area contributed by atoms with Gasteiger partial charge in [0.15, 0.2) is 0 Å². The van der Waals surface area contributed by atoms with Crippen LogP contribution in [0.3, 0.4) is 0 Å². The predicted molar refractivity (Wildman–Crippen MR) is 56.6 cm³/mol. The van der Waals surface area contributed by atoms with E-state index in [9.17, 15) is 4.79 Å². The third-order valence-electron chi connectivity index (χ3n) is 1.77. The maximum Gasteiger partial charge on any atom is 0.150 e. The van der Waals surface area contributed by atoms with E-state index in [-0.39, 0.29) is 0 Å². The Labute approximate surface area is 83.9 Å². The molecular formula is C9H6ClNOS. The van der Waals surface area contributed by atoms with Gasteiger partial charge in [0.2, 0.25) is 0 Å². The van der Waals surface area contributed by atoms with Crippen LogP contribution >= 0.6 is 22.9 Å².